The molecule has 5 heteroatoms. The average molecular weight is 360 g/mol. The van der Waals surface area contributed by atoms with E-state index < -0.39 is 5.60 Å². The molecule has 0 aliphatic carbocycles. The Kier molecular flexibility index (Phi) is 6.07. The number of ether oxygens (including phenoxy) is 1. The van der Waals surface area contributed by atoms with Crippen LogP contribution in [0.5, 0.6) is 0 Å². The molecule has 144 valence electrons. The number of hydrogen-bond acceptors (Lipinski definition) is 4. The minimum absolute atomic E-state index is 0.187. The fourth-order valence-electron chi connectivity index (χ4n) is 3.65. The van der Waals surface area contributed by atoms with Gasteiger partial charge in [0.1, 0.15) is 5.60 Å². The van der Waals surface area contributed by atoms with Crippen LogP contribution in [0, 0.1) is 0 Å². The van der Waals surface area contributed by atoms with Gasteiger partial charge in [0.15, 0.2) is 0 Å². The SMILES string of the molecule is CC(C)(C)OC(=O)N1CCC(NCc2ccc(N3CCCC3)cc2)CC1. The summed E-state index contributed by atoms with van der Waals surface area (Å²) in [6, 6.07) is 9.42. The van der Waals surface area contributed by atoms with E-state index in [0.29, 0.717) is 6.04 Å². The number of anilines is 1. The fourth-order valence-corrected chi connectivity index (χ4v) is 3.65. The van der Waals surface area contributed by atoms with Gasteiger partial charge in [0.05, 0.1) is 0 Å². The summed E-state index contributed by atoms with van der Waals surface area (Å²) in [5.74, 6) is 0. The molecule has 26 heavy (non-hydrogen) atoms. The zero-order valence-electron chi connectivity index (χ0n) is 16.5. The summed E-state index contributed by atoms with van der Waals surface area (Å²) in [4.78, 5) is 16.4. The quantitative estimate of drug-likeness (QED) is 0.889. The predicted molar refractivity (Wildman–Crippen MR) is 106 cm³/mol. The molecule has 1 aromatic carbocycles. The van der Waals surface area contributed by atoms with Crippen LogP contribution in [0.2, 0.25) is 0 Å². The highest BCUT2D eigenvalue weighted by Crippen LogP contribution is 2.21. The number of carbonyl (C=O) groups excluding carboxylic acids is 1. The van der Waals surface area contributed by atoms with Crippen LogP contribution in [-0.4, -0.2) is 48.8 Å². The number of nitrogens with zero attached hydrogens (tertiary/aromatic N) is 2. The van der Waals surface area contributed by atoms with E-state index in [1.807, 2.05) is 25.7 Å². The molecule has 0 saturated carbocycles. The highest BCUT2D eigenvalue weighted by atomic mass is 16.6. The smallest absolute Gasteiger partial charge is 0.410 e. The van der Waals surface area contributed by atoms with E-state index in [2.05, 4.69) is 34.5 Å². The third-order valence-electron chi connectivity index (χ3n) is 5.15. The van der Waals surface area contributed by atoms with E-state index in [1.165, 1.54) is 37.2 Å². The van der Waals surface area contributed by atoms with Crippen LogP contribution >= 0.6 is 0 Å². The van der Waals surface area contributed by atoms with Crippen LogP contribution in [0.4, 0.5) is 10.5 Å². The lowest BCUT2D eigenvalue weighted by Gasteiger charge is -2.33. The van der Waals surface area contributed by atoms with Gasteiger partial charge in [-0.3, -0.25) is 0 Å². The Morgan fingerprint density at radius 1 is 1.08 bits per heavy atom. The van der Waals surface area contributed by atoms with Crippen LogP contribution in [0.15, 0.2) is 24.3 Å². The zero-order chi connectivity index (χ0) is 18.6. The van der Waals surface area contributed by atoms with E-state index in [4.69, 9.17) is 4.74 Å². The molecule has 1 N–H and O–H groups in total. The number of benzene rings is 1. The largest absolute Gasteiger partial charge is 0.444 e. The Hall–Kier alpha value is -1.75. The maximum absolute atomic E-state index is 12.1. The number of likely N-dealkylation sites (tertiary alicyclic amines) is 1. The van der Waals surface area contributed by atoms with Gasteiger partial charge in [0, 0.05) is 44.5 Å². The molecular weight excluding hydrogens is 326 g/mol. The molecule has 2 aliphatic heterocycles. The minimum atomic E-state index is -0.423. The van der Waals surface area contributed by atoms with Crippen molar-refractivity contribution in [2.75, 3.05) is 31.1 Å². The predicted octanol–water partition coefficient (Wildman–Crippen LogP) is 3.78. The molecule has 0 bridgehead atoms. The van der Waals surface area contributed by atoms with Gasteiger partial charge in [-0.05, 0) is 64.2 Å². The van der Waals surface area contributed by atoms with Crippen molar-refractivity contribution >= 4 is 11.8 Å². The second-order valence-corrected chi connectivity index (χ2v) is 8.48. The molecule has 0 unspecified atom stereocenters. The van der Waals surface area contributed by atoms with E-state index in [-0.39, 0.29) is 6.09 Å². The molecule has 2 aliphatic rings. The second kappa shape index (κ2) is 8.30. The van der Waals surface area contributed by atoms with Gasteiger partial charge in [-0.1, -0.05) is 12.1 Å². The fraction of sp³-hybridized carbons (Fsp3) is 0.667. The van der Waals surface area contributed by atoms with Crippen LogP contribution in [0.25, 0.3) is 0 Å². The van der Waals surface area contributed by atoms with Crippen LogP contribution in [0.3, 0.4) is 0 Å². The lowest BCUT2D eigenvalue weighted by atomic mass is 10.0. The number of nitrogens with one attached hydrogen (secondary N) is 1. The summed E-state index contributed by atoms with van der Waals surface area (Å²) in [5.41, 5.74) is 2.24. The molecule has 0 aromatic heterocycles. The van der Waals surface area contributed by atoms with E-state index in [1.54, 1.807) is 0 Å². The zero-order valence-corrected chi connectivity index (χ0v) is 16.5. The topological polar surface area (TPSA) is 44.8 Å². The maximum Gasteiger partial charge on any atom is 0.410 e. The summed E-state index contributed by atoms with van der Waals surface area (Å²) in [7, 11) is 0. The molecule has 0 radical (unpaired) electrons. The van der Waals surface area contributed by atoms with Crippen LogP contribution < -0.4 is 10.2 Å². The first-order valence-corrected chi connectivity index (χ1v) is 9.96. The van der Waals surface area contributed by atoms with Crippen molar-refractivity contribution in [1.82, 2.24) is 10.2 Å². The Labute approximate surface area is 157 Å². The average Bonchev–Trinajstić information content (AvgIpc) is 3.14. The first kappa shape index (κ1) is 19.0. The third kappa shape index (κ3) is 5.37. The van der Waals surface area contributed by atoms with Gasteiger partial charge in [-0.2, -0.15) is 0 Å². The van der Waals surface area contributed by atoms with Crippen molar-refractivity contribution in [3.63, 3.8) is 0 Å². The number of amides is 1. The Morgan fingerprint density at radius 2 is 1.69 bits per heavy atom. The van der Waals surface area contributed by atoms with Gasteiger partial charge < -0.3 is 19.9 Å². The summed E-state index contributed by atoms with van der Waals surface area (Å²) in [6.07, 6.45) is 4.39. The lowest BCUT2D eigenvalue weighted by Crippen LogP contribution is -2.46. The maximum atomic E-state index is 12.1. The van der Waals surface area contributed by atoms with Gasteiger partial charge in [0.2, 0.25) is 0 Å². The van der Waals surface area contributed by atoms with Crippen molar-refractivity contribution in [2.45, 2.75) is 64.6 Å². The molecule has 2 fully saturated rings. The summed E-state index contributed by atoms with van der Waals surface area (Å²) in [6.45, 7) is 10.5. The number of hydrogen-bond donors (Lipinski definition) is 1. The Bertz CT molecular complexity index is 580. The standard InChI is InChI=1S/C21H33N3O2/c1-21(2,3)26-20(25)24-14-10-18(11-15-24)22-16-17-6-8-19(9-7-17)23-12-4-5-13-23/h6-9,18,22H,4-5,10-16H2,1-3H3. The number of rotatable bonds is 4. The first-order valence-electron chi connectivity index (χ1n) is 9.96. The van der Waals surface area contributed by atoms with Gasteiger partial charge in [-0.25, -0.2) is 4.79 Å². The van der Waals surface area contributed by atoms with Crippen molar-refractivity contribution < 1.29 is 9.53 Å². The first-order chi connectivity index (χ1) is 12.4. The highest BCUT2D eigenvalue weighted by molar-refractivity contribution is 5.68. The molecule has 3 rings (SSSR count). The molecule has 1 aromatic rings. The molecular formula is C21H33N3O2. The Balaban J connectivity index is 1.40. The van der Waals surface area contributed by atoms with Crippen molar-refractivity contribution in [2.24, 2.45) is 0 Å². The van der Waals surface area contributed by atoms with E-state index in [9.17, 15) is 4.79 Å². The normalized spacial score (nSPS) is 19.0. The lowest BCUT2D eigenvalue weighted by molar-refractivity contribution is 0.0198. The summed E-state index contributed by atoms with van der Waals surface area (Å²) >= 11 is 0. The molecule has 1 amide bonds. The molecule has 2 heterocycles. The minimum Gasteiger partial charge on any atom is -0.444 e. The Morgan fingerprint density at radius 3 is 2.27 bits per heavy atom. The van der Waals surface area contributed by atoms with Gasteiger partial charge >= 0.3 is 6.09 Å². The third-order valence-corrected chi connectivity index (χ3v) is 5.15. The molecule has 0 spiro atoms. The molecule has 0 atom stereocenters. The molecule has 2 saturated heterocycles. The number of piperidine rings is 1. The van der Waals surface area contributed by atoms with E-state index >= 15 is 0 Å². The van der Waals surface area contributed by atoms with Gasteiger partial charge in [-0.15, -0.1) is 0 Å². The molecule has 5 nitrogen and oxygen atoms in total. The van der Waals surface area contributed by atoms with Crippen molar-refractivity contribution in [3.8, 4) is 0 Å². The second-order valence-electron chi connectivity index (χ2n) is 8.48. The highest BCUT2D eigenvalue weighted by Gasteiger charge is 2.26. The van der Waals surface area contributed by atoms with E-state index in [0.717, 1.165) is 32.5 Å². The van der Waals surface area contributed by atoms with Crippen LogP contribution in [-0.2, 0) is 11.3 Å². The van der Waals surface area contributed by atoms with Crippen molar-refractivity contribution in [3.05, 3.63) is 29.8 Å². The summed E-state index contributed by atoms with van der Waals surface area (Å²) < 4.78 is 5.46. The van der Waals surface area contributed by atoms with Gasteiger partial charge in [0.25, 0.3) is 0 Å². The van der Waals surface area contributed by atoms with Crippen molar-refractivity contribution in [1.29, 1.82) is 0 Å². The number of carbonyl (C=O) groups is 1. The van der Waals surface area contributed by atoms with Crippen LogP contribution in [0.1, 0.15) is 52.0 Å². The summed E-state index contributed by atoms with van der Waals surface area (Å²) in [5, 5.41) is 3.64. The monoisotopic (exact) mass is 359 g/mol.